The molecule has 0 N–H and O–H groups in total. The van der Waals surface area contributed by atoms with Gasteiger partial charge in [0, 0.05) is 38.2 Å². The minimum absolute atomic E-state index is 0.0146. The number of rotatable bonds is 2. The summed E-state index contributed by atoms with van der Waals surface area (Å²) in [7, 11) is 1.79. The van der Waals surface area contributed by atoms with Gasteiger partial charge in [-0.15, -0.1) is 0 Å². The van der Waals surface area contributed by atoms with Gasteiger partial charge in [0.05, 0.1) is 5.69 Å². The third-order valence-electron chi connectivity index (χ3n) is 4.11. The van der Waals surface area contributed by atoms with Crippen LogP contribution in [0.3, 0.4) is 0 Å². The third kappa shape index (κ3) is 2.71. The number of urea groups is 1. The monoisotopic (exact) mass is 337 g/mol. The lowest BCUT2D eigenvalue weighted by atomic mass is 10.2. The molecule has 0 bridgehead atoms. The Morgan fingerprint density at radius 1 is 1.04 bits per heavy atom. The van der Waals surface area contributed by atoms with Crippen molar-refractivity contribution < 1.29 is 14.3 Å². The highest BCUT2D eigenvalue weighted by Crippen LogP contribution is 2.25. The predicted octanol–water partition coefficient (Wildman–Crippen LogP) is 1.99. The average molecular weight is 337 g/mol. The number of nitrogens with zero attached hydrogens (tertiary/aromatic N) is 5. The van der Waals surface area contributed by atoms with Crippen molar-refractivity contribution in [3.05, 3.63) is 48.0 Å². The van der Waals surface area contributed by atoms with Crippen LogP contribution in [0, 0.1) is 0 Å². The molecule has 0 atom stereocenters. The third-order valence-corrected chi connectivity index (χ3v) is 4.11. The molecule has 0 saturated carbocycles. The van der Waals surface area contributed by atoms with Crippen LogP contribution >= 0.6 is 0 Å². The Labute approximate surface area is 143 Å². The number of cyclic esters (lactones) is 1. The molecule has 3 heterocycles. The molecule has 1 fully saturated rings. The van der Waals surface area contributed by atoms with Crippen molar-refractivity contribution in [3.8, 4) is 0 Å². The van der Waals surface area contributed by atoms with Crippen molar-refractivity contribution in [1.29, 1.82) is 0 Å². The summed E-state index contributed by atoms with van der Waals surface area (Å²) in [6, 6.07) is 7.17. The number of aliphatic imine (C=N–C) groups is 1. The molecule has 4 rings (SSSR count). The summed E-state index contributed by atoms with van der Waals surface area (Å²) in [6.07, 6.45) is 3.85. The molecular formula is C17H15N5O3. The molecule has 2 aliphatic rings. The van der Waals surface area contributed by atoms with E-state index in [-0.39, 0.29) is 17.6 Å². The van der Waals surface area contributed by atoms with E-state index in [1.807, 2.05) is 12.1 Å². The second-order valence-corrected chi connectivity index (χ2v) is 5.79. The summed E-state index contributed by atoms with van der Waals surface area (Å²) in [5, 5.41) is 0. The van der Waals surface area contributed by atoms with Gasteiger partial charge in [-0.25, -0.2) is 24.5 Å². The number of carbonyl (C=O) groups is 2. The molecule has 0 aliphatic carbocycles. The van der Waals surface area contributed by atoms with Gasteiger partial charge in [0.25, 0.3) is 5.90 Å². The zero-order valence-corrected chi connectivity index (χ0v) is 13.5. The van der Waals surface area contributed by atoms with Gasteiger partial charge in [-0.05, 0) is 30.7 Å². The number of hydrogen-bond acceptors (Lipinski definition) is 6. The van der Waals surface area contributed by atoms with Crippen LogP contribution in [0.4, 0.5) is 16.2 Å². The van der Waals surface area contributed by atoms with E-state index < -0.39 is 5.97 Å². The predicted molar refractivity (Wildman–Crippen MR) is 90.1 cm³/mol. The van der Waals surface area contributed by atoms with Gasteiger partial charge in [0.1, 0.15) is 0 Å². The fourth-order valence-electron chi connectivity index (χ4n) is 2.83. The second-order valence-electron chi connectivity index (χ2n) is 5.79. The van der Waals surface area contributed by atoms with E-state index in [1.54, 1.807) is 29.0 Å². The smallest absolute Gasteiger partial charge is 0.366 e. The first-order valence-corrected chi connectivity index (χ1v) is 7.88. The van der Waals surface area contributed by atoms with Gasteiger partial charge in [0.2, 0.25) is 0 Å². The average Bonchev–Trinajstić information content (AvgIpc) is 2.94. The summed E-state index contributed by atoms with van der Waals surface area (Å²) in [5.74, 6) is -0.421. The van der Waals surface area contributed by atoms with E-state index in [2.05, 4.69) is 15.0 Å². The quantitative estimate of drug-likeness (QED) is 0.782. The van der Waals surface area contributed by atoms with Gasteiger partial charge >= 0.3 is 12.0 Å². The van der Waals surface area contributed by atoms with E-state index in [1.165, 1.54) is 12.4 Å². The number of fused-ring (bicyclic) bond motifs is 1. The van der Waals surface area contributed by atoms with E-state index in [0.29, 0.717) is 17.9 Å². The number of hydrogen-bond donors (Lipinski definition) is 0. The van der Waals surface area contributed by atoms with Crippen molar-refractivity contribution in [2.45, 2.75) is 6.42 Å². The largest absolute Gasteiger partial charge is 0.400 e. The Morgan fingerprint density at radius 3 is 2.52 bits per heavy atom. The normalized spacial score (nSPS) is 18.5. The first-order valence-electron chi connectivity index (χ1n) is 7.88. The highest BCUT2D eigenvalue weighted by atomic mass is 16.5. The standard InChI is InChI=1S/C17H15N5O3/c1-21-9-2-10-22(17(21)24)12-5-3-11(4-6-12)20-15-13-14(16(23)25-15)19-8-7-18-13/h3-8H,2,9-10H2,1H3. The first-order chi connectivity index (χ1) is 12.1. The summed E-state index contributed by atoms with van der Waals surface area (Å²) in [6.45, 7) is 1.46. The molecule has 126 valence electrons. The van der Waals surface area contributed by atoms with Crippen molar-refractivity contribution in [2.24, 2.45) is 4.99 Å². The highest BCUT2D eigenvalue weighted by Gasteiger charge is 2.31. The van der Waals surface area contributed by atoms with Crippen molar-refractivity contribution in [2.75, 3.05) is 25.0 Å². The molecule has 0 unspecified atom stereocenters. The van der Waals surface area contributed by atoms with Crippen LogP contribution in [0.5, 0.6) is 0 Å². The Bertz CT molecular complexity index is 878. The first kappa shape index (κ1) is 15.3. The maximum Gasteiger partial charge on any atom is 0.366 e. The van der Waals surface area contributed by atoms with Gasteiger partial charge in [-0.1, -0.05) is 0 Å². The van der Waals surface area contributed by atoms with Gasteiger partial charge < -0.3 is 9.64 Å². The Balaban J connectivity index is 1.59. The molecule has 8 nitrogen and oxygen atoms in total. The van der Waals surface area contributed by atoms with Gasteiger partial charge in [-0.3, -0.25) is 4.90 Å². The maximum atomic E-state index is 12.2. The molecule has 2 amide bonds. The molecule has 0 spiro atoms. The molecule has 2 aliphatic heterocycles. The Morgan fingerprint density at radius 2 is 1.76 bits per heavy atom. The molecular weight excluding hydrogens is 322 g/mol. The molecule has 2 aromatic rings. The number of carbonyl (C=O) groups excluding carboxylic acids is 2. The zero-order valence-electron chi connectivity index (χ0n) is 13.5. The SMILES string of the molecule is CN1CCCN(c2ccc(N=C3OC(=O)c4nccnc43)cc2)C1=O. The molecule has 8 heteroatoms. The lowest BCUT2D eigenvalue weighted by molar-refractivity contribution is 0.0732. The van der Waals surface area contributed by atoms with Crippen molar-refractivity contribution in [1.82, 2.24) is 14.9 Å². The van der Waals surface area contributed by atoms with E-state index >= 15 is 0 Å². The van der Waals surface area contributed by atoms with Crippen LogP contribution in [0.15, 0.2) is 41.7 Å². The van der Waals surface area contributed by atoms with Gasteiger partial charge in [-0.2, -0.15) is 0 Å². The Kier molecular flexibility index (Phi) is 3.64. The van der Waals surface area contributed by atoms with E-state index in [4.69, 9.17) is 4.74 Å². The second kappa shape index (κ2) is 5.97. The van der Waals surface area contributed by atoms with Crippen LogP contribution < -0.4 is 4.90 Å². The number of aromatic nitrogens is 2. The summed E-state index contributed by atoms with van der Waals surface area (Å²) in [4.78, 5) is 39.8. The van der Waals surface area contributed by atoms with Crippen LogP contribution in [0.25, 0.3) is 0 Å². The maximum absolute atomic E-state index is 12.2. The summed E-state index contributed by atoms with van der Waals surface area (Å²) >= 11 is 0. The number of anilines is 1. The van der Waals surface area contributed by atoms with E-state index in [9.17, 15) is 9.59 Å². The Hall–Kier alpha value is -3.29. The minimum Gasteiger partial charge on any atom is -0.400 e. The topological polar surface area (TPSA) is 88.0 Å². The molecule has 1 aromatic heterocycles. The summed E-state index contributed by atoms with van der Waals surface area (Å²) < 4.78 is 5.13. The van der Waals surface area contributed by atoms with Crippen molar-refractivity contribution >= 4 is 29.3 Å². The van der Waals surface area contributed by atoms with Crippen LogP contribution in [-0.2, 0) is 4.74 Å². The molecule has 1 saturated heterocycles. The van der Waals surface area contributed by atoms with Crippen molar-refractivity contribution in [3.63, 3.8) is 0 Å². The molecule has 0 radical (unpaired) electrons. The lowest BCUT2D eigenvalue weighted by Gasteiger charge is -2.33. The fourth-order valence-corrected chi connectivity index (χ4v) is 2.83. The lowest BCUT2D eigenvalue weighted by Crippen LogP contribution is -2.47. The van der Waals surface area contributed by atoms with Crippen LogP contribution in [-0.4, -0.2) is 52.9 Å². The minimum atomic E-state index is -0.555. The molecule has 1 aromatic carbocycles. The summed E-state index contributed by atoms with van der Waals surface area (Å²) in [5.41, 5.74) is 1.91. The van der Waals surface area contributed by atoms with Gasteiger partial charge in [0.15, 0.2) is 11.4 Å². The van der Waals surface area contributed by atoms with Crippen LogP contribution in [0.1, 0.15) is 22.6 Å². The number of benzene rings is 1. The number of esters is 1. The van der Waals surface area contributed by atoms with E-state index in [0.717, 1.165) is 18.7 Å². The number of amides is 2. The van der Waals surface area contributed by atoms with Crippen LogP contribution in [0.2, 0.25) is 0 Å². The molecule has 25 heavy (non-hydrogen) atoms. The zero-order chi connectivity index (χ0) is 17.4. The highest BCUT2D eigenvalue weighted by molar-refractivity contribution is 6.15. The number of ether oxygens (including phenoxy) is 1. The fraction of sp³-hybridized carbons (Fsp3) is 0.235.